The van der Waals surface area contributed by atoms with Crippen LogP contribution < -0.4 is 0 Å². The summed E-state index contributed by atoms with van der Waals surface area (Å²) in [7, 11) is 0. The van der Waals surface area contributed by atoms with Crippen molar-refractivity contribution in [2.75, 3.05) is 19.7 Å². The van der Waals surface area contributed by atoms with Crippen molar-refractivity contribution >= 4 is 0 Å². The summed E-state index contributed by atoms with van der Waals surface area (Å²) in [5.74, 6) is 0.788. The predicted molar refractivity (Wildman–Crippen MR) is 79.7 cm³/mol. The summed E-state index contributed by atoms with van der Waals surface area (Å²) in [5.41, 5.74) is 3.41. The zero-order chi connectivity index (χ0) is 14.7. The lowest BCUT2D eigenvalue weighted by atomic mass is 10.1. The van der Waals surface area contributed by atoms with E-state index >= 15 is 0 Å². The maximum atomic E-state index is 5.86. The molecule has 1 unspecified atom stereocenters. The average molecular weight is 284 g/mol. The van der Waals surface area contributed by atoms with Gasteiger partial charge >= 0.3 is 0 Å². The third-order valence-electron chi connectivity index (χ3n) is 3.62. The molecule has 0 aliphatic carbocycles. The normalized spacial score (nSPS) is 19.6. The number of morpholine rings is 1. The van der Waals surface area contributed by atoms with E-state index in [1.54, 1.807) is 6.20 Å². The van der Waals surface area contributed by atoms with Crippen molar-refractivity contribution in [3.8, 4) is 0 Å². The fourth-order valence-corrected chi connectivity index (χ4v) is 2.64. The first-order valence-corrected chi connectivity index (χ1v) is 7.25. The minimum Gasteiger partial charge on any atom is -0.369 e. The zero-order valence-electron chi connectivity index (χ0n) is 12.5. The lowest BCUT2D eigenvalue weighted by Gasteiger charge is -2.32. The molecule has 0 amide bonds. The Balaban J connectivity index is 1.68. The molecule has 21 heavy (non-hydrogen) atoms. The van der Waals surface area contributed by atoms with Crippen LogP contribution >= 0.6 is 0 Å². The van der Waals surface area contributed by atoms with Gasteiger partial charge < -0.3 is 4.74 Å². The first kappa shape index (κ1) is 14.1. The predicted octanol–water partition coefficient (Wildman–Crippen LogP) is 2.06. The number of pyridine rings is 1. The van der Waals surface area contributed by atoms with E-state index in [0.717, 1.165) is 37.8 Å². The van der Waals surface area contributed by atoms with Crippen LogP contribution in [0, 0.1) is 13.8 Å². The van der Waals surface area contributed by atoms with Crippen LogP contribution in [0.25, 0.3) is 0 Å². The molecule has 0 N–H and O–H groups in total. The number of aromatic nitrogens is 3. The topological polar surface area (TPSA) is 51.1 Å². The molecule has 1 atom stereocenters. The molecular weight excluding hydrogens is 264 g/mol. The van der Waals surface area contributed by atoms with Crippen LogP contribution in [0.3, 0.4) is 0 Å². The van der Waals surface area contributed by atoms with Crippen LogP contribution in [0.2, 0.25) is 0 Å². The molecule has 5 nitrogen and oxygen atoms in total. The minimum atomic E-state index is 0.0261. The summed E-state index contributed by atoms with van der Waals surface area (Å²) >= 11 is 0. The second-order valence-electron chi connectivity index (χ2n) is 5.49. The maximum absolute atomic E-state index is 5.86. The van der Waals surface area contributed by atoms with E-state index in [0.29, 0.717) is 0 Å². The molecule has 0 saturated carbocycles. The Kier molecular flexibility index (Phi) is 4.22. The molecule has 1 aliphatic rings. The van der Waals surface area contributed by atoms with Gasteiger partial charge in [-0.2, -0.15) is 0 Å². The zero-order valence-corrected chi connectivity index (χ0v) is 12.5. The molecular formula is C16H20N4O. The highest BCUT2D eigenvalue weighted by molar-refractivity contribution is 5.16. The molecule has 2 aromatic rings. The molecule has 1 fully saturated rings. The lowest BCUT2D eigenvalue weighted by Crippen LogP contribution is -2.38. The van der Waals surface area contributed by atoms with E-state index in [4.69, 9.17) is 4.74 Å². The van der Waals surface area contributed by atoms with Gasteiger partial charge in [-0.3, -0.25) is 9.88 Å². The first-order chi connectivity index (χ1) is 10.2. The molecule has 0 radical (unpaired) electrons. The maximum Gasteiger partial charge on any atom is 0.125 e. The van der Waals surface area contributed by atoms with Crippen molar-refractivity contribution in [3.05, 3.63) is 53.4 Å². The second kappa shape index (κ2) is 6.28. The monoisotopic (exact) mass is 284 g/mol. The van der Waals surface area contributed by atoms with Gasteiger partial charge in [0.05, 0.1) is 12.3 Å². The Labute approximate surface area is 125 Å². The van der Waals surface area contributed by atoms with E-state index in [1.807, 2.05) is 25.4 Å². The molecule has 1 saturated heterocycles. The number of ether oxygens (including phenoxy) is 1. The third-order valence-corrected chi connectivity index (χ3v) is 3.62. The van der Waals surface area contributed by atoms with Crippen molar-refractivity contribution < 1.29 is 4.74 Å². The summed E-state index contributed by atoms with van der Waals surface area (Å²) in [5, 5.41) is 0. The highest BCUT2D eigenvalue weighted by Crippen LogP contribution is 2.21. The van der Waals surface area contributed by atoms with Crippen molar-refractivity contribution in [2.24, 2.45) is 0 Å². The standard InChI is InChI=1S/C16H20N4O/c1-12-7-14(9-17-8-12)10-20-5-6-21-16(11-20)15-3-4-18-13(2)19-15/h3-4,7-9,16H,5-6,10-11H2,1-2H3. The van der Waals surface area contributed by atoms with E-state index in [1.165, 1.54) is 11.1 Å². The Hall–Kier alpha value is -1.85. The van der Waals surface area contributed by atoms with Crippen LogP contribution in [0.15, 0.2) is 30.7 Å². The smallest absolute Gasteiger partial charge is 0.125 e. The first-order valence-electron chi connectivity index (χ1n) is 7.25. The highest BCUT2D eigenvalue weighted by atomic mass is 16.5. The van der Waals surface area contributed by atoms with Crippen LogP contribution in [-0.4, -0.2) is 39.5 Å². The number of hydrogen-bond donors (Lipinski definition) is 0. The number of aryl methyl sites for hydroxylation is 2. The summed E-state index contributed by atoms with van der Waals surface area (Å²) in [6.45, 7) is 7.40. The quantitative estimate of drug-likeness (QED) is 0.863. The van der Waals surface area contributed by atoms with Crippen molar-refractivity contribution in [2.45, 2.75) is 26.5 Å². The summed E-state index contributed by atoms with van der Waals surface area (Å²) in [6.07, 6.45) is 5.64. The molecule has 0 bridgehead atoms. The van der Waals surface area contributed by atoms with Crippen LogP contribution in [-0.2, 0) is 11.3 Å². The van der Waals surface area contributed by atoms with Crippen LogP contribution in [0.1, 0.15) is 28.7 Å². The molecule has 3 rings (SSSR count). The van der Waals surface area contributed by atoms with Gasteiger partial charge in [0.1, 0.15) is 11.9 Å². The number of rotatable bonds is 3. The van der Waals surface area contributed by atoms with Gasteiger partial charge in [-0.05, 0) is 31.0 Å². The van der Waals surface area contributed by atoms with E-state index < -0.39 is 0 Å². The van der Waals surface area contributed by atoms with Crippen LogP contribution in [0.5, 0.6) is 0 Å². The van der Waals surface area contributed by atoms with Gasteiger partial charge in [0.15, 0.2) is 0 Å². The average Bonchev–Trinajstić information content (AvgIpc) is 2.47. The lowest BCUT2D eigenvalue weighted by molar-refractivity contribution is -0.0351. The molecule has 0 aromatic carbocycles. The van der Waals surface area contributed by atoms with Gasteiger partial charge in [0.2, 0.25) is 0 Å². The fourth-order valence-electron chi connectivity index (χ4n) is 2.64. The van der Waals surface area contributed by atoms with Crippen molar-refractivity contribution in [3.63, 3.8) is 0 Å². The summed E-state index contributed by atoms with van der Waals surface area (Å²) in [6, 6.07) is 4.13. The Morgan fingerprint density at radius 2 is 2.24 bits per heavy atom. The fraction of sp³-hybridized carbons (Fsp3) is 0.438. The molecule has 5 heteroatoms. The second-order valence-corrected chi connectivity index (χ2v) is 5.49. The third kappa shape index (κ3) is 3.62. The largest absolute Gasteiger partial charge is 0.369 e. The van der Waals surface area contributed by atoms with Crippen molar-refractivity contribution in [1.29, 1.82) is 0 Å². The van der Waals surface area contributed by atoms with Gasteiger partial charge in [-0.1, -0.05) is 6.07 Å². The van der Waals surface area contributed by atoms with E-state index in [-0.39, 0.29) is 6.10 Å². The Bertz CT molecular complexity index is 617. The highest BCUT2D eigenvalue weighted by Gasteiger charge is 2.23. The van der Waals surface area contributed by atoms with E-state index in [2.05, 4.69) is 32.8 Å². The summed E-state index contributed by atoms with van der Waals surface area (Å²) < 4.78 is 5.86. The number of hydrogen-bond acceptors (Lipinski definition) is 5. The molecule has 3 heterocycles. The Morgan fingerprint density at radius 3 is 3.05 bits per heavy atom. The summed E-state index contributed by atoms with van der Waals surface area (Å²) in [4.78, 5) is 15.3. The number of nitrogens with zero attached hydrogens (tertiary/aromatic N) is 4. The van der Waals surface area contributed by atoms with Crippen LogP contribution in [0.4, 0.5) is 0 Å². The van der Waals surface area contributed by atoms with E-state index in [9.17, 15) is 0 Å². The SMILES string of the molecule is Cc1cncc(CN2CCOC(c3ccnc(C)n3)C2)c1. The van der Waals surface area contributed by atoms with Gasteiger partial charge in [0, 0.05) is 38.2 Å². The Morgan fingerprint density at radius 1 is 1.33 bits per heavy atom. The molecule has 0 spiro atoms. The molecule has 1 aliphatic heterocycles. The molecule has 110 valence electrons. The van der Waals surface area contributed by atoms with Gasteiger partial charge in [-0.25, -0.2) is 9.97 Å². The molecule has 2 aromatic heterocycles. The van der Waals surface area contributed by atoms with Gasteiger partial charge in [-0.15, -0.1) is 0 Å². The van der Waals surface area contributed by atoms with Gasteiger partial charge in [0.25, 0.3) is 0 Å². The van der Waals surface area contributed by atoms with Crippen molar-refractivity contribution in [1.82, 2.24) is 19.9 Å². The minimum absolute atomic E-state index is 0.0261.